The van der Waals surface area contributed by atoms with Crippen molar-refractivity contribution < 1.29 is 19.1 Å². The molecule has 2 aromatic rings. The summed E-state index contributed by atoms with van der Waals surface area (Å²) < 4.78 is 10.5. The van der Waals surface area contributed by atoms with Crippen LogP contribution < -0.4 is 0 Å². The molecule has 0 aliphatic heterocycles. The smallest absolute Gasteiger partial charge is 0.338 e. The number of aromatic hydroxyl groups is 1. The Hall–Kier alpha value is -2.23. The van der Waals surface area contributed by atoms with Crippen molar-refractivity contribution in [3.05, 3.63) is 53.0 Å². The van der Waals surface area contributed by atoms with Crippen LogP contribution >= 0.6 is 0 Å². The van der Waals surface area contributed by atoms with Crippen LogP contribution in [0.25, 0.3) is 0 Å². The van der Waals surface area contributed by atoms with Gasteiger partial charge in [-0.25, -0.2) is 4.79 Å². The van der Waals surface area contributed by atoms with Crippen LogP contribution in [0.5, 0.6) is 5.75 Å². The van der Waals surface area contributed by atoms with Crippen LogP contribution in [0.3, 0.4) is 0 Å². The van der Waals surface area contributed by atoms with Gasteiger partial charge in [-0.3, -0.25) is 0 Å². The number of carbonyl (C=O) groups is 1. The zero-order valence-corrected chi connectivity index (χ0v) is 15.3. The van der Waals surface area contributed by atoms with Gasteiger partial charge in [-0.1, -0.05) is 41.5 Å². The van der Waals surface area contributed by atoms with Crippen molar-refractivity contribution >= 4 is 5.97 Å². The highest BCUT2D eigenvalue weighted by Gasteiger charge is 2.28. The number of hydrogen-bond acceptors (Lipinski definition) is 4. The first kappa shape index (κ1) is 18.1. The molecule has 0 aliphatic carbocycles. The summed E-state index contributed by atoms with van der Waals surface area (Å²) in [5.41, 5.74) is 1.33. The molecule has 2 rings (SSSR count). The Balaban J connectivity index is 2.40. The van der Waals surface area contributed by atoms with Gasteiger partial charge in [0, 0.05) is 11.1 Å². The van der Waals surface area contributed by atoms with Gasteiger partial charge in [0.25, 0.3) is 0 Å². The van der Waals surface area contributed by atoms with Gasteiger partial charge >= 0.3 is 5.97 Å². The molecule has 4 nitrogen and oxygen atoms in total. The molecule has 0 bridgehead atoms. The third-order valence-corrected chi connectivity index (χ3v) is 3.89. The molecule has 1 N–H and O–H groups in total. The Labute approximate surface area is 143 Å². The van der Waals surface area contributed by atoms with Gasteiger partial charge in [0.2, 0.25) is 0 Å². The number of rotatable bonds is 3. The zero-order valence-electron chi connectivity index (χ0n) is 15.3. The van der Waals surface area contributed by atoms with Crippen molar-refractivity contribution in [1.29, 1.82) is 0 Å². The lowest BCUT2D eigenvalue weighted by Gasteiger charge is -2.27. The van der Waals surface area contributed by atoms with Crippen LogP contribution in [-0.2, 0) is 22.2 Å². The van der Waals surface area contributed by atoms with Gasteiger partial charge in [-0.15, -0.1) is 0 Å². The quantitative estimate of drug-likeness (QED) is 0.810. The van der Waals surface area contributed by atoms with E-state index in [9.17, 15) is 9.90 Å². The van der Waals surface area contributed by atoms with E-state index in [0.717, 1.165) is 11.1 Å². The van der Waals surface area contributed by atoms with Gasteiger partial charge in [0.05, 0.1) is 11.8 Å². The predicted molar refractivity (Wildman–Crippen MR) is 93.3 cm³/mol. The molecule has 24 heavy (non-hydrogen) atoms. The molecule has 1 aromatic carbocycles. The highest BCUT2D eigenvalue weighted by atomic mass is 16.5. The van der Waals surface area contributed by atoms with Crippen molar-refractivity contribution in [2.75, 3.05) is 0 Å². The average Bonchev–Trinajstić information content (AvgIpc) is 2.95. The lowest BCUT2D eigenvalue weighted by Crippen LogP contribution is -2.19. The maximum Gasteiger partial charge on any atom is 0.338 e. The van der Waals surface area contributed by atoms with Gasteiger partial charge in [0.15, 0.2) is 0 Å². The molecule has 1 aromatic heterocycles. The fourth-order valence-electron chi connectivity index (χ4n) is 2.51. The van der Waals surface area contributed by atoms with Crippen LogP contribution in [0, 0.1) is 0 Å². The minimum absolute atomic E-state index is 0.0857. The van der Waals surface area contributed by atoms with E-state index < -0.39 is 5.97 Å². The van der Waals surface area contributed by atoms with Crippen molar-refractivity contribution in [2.45, 2.75) is 59.0 Å². The molecule has 0 fully saturated rings. The van der Waals surface area contributed by atoms with Crippen LogP contribution in [0.15, 0.2) is 34.9 Å². The molecule has 4 heteroatoms. The van der Waals surface area contributed by atoms with Gasteiger partial charge < -0.3 is 14.3 Å². The minimum Gasteiger partial charge on any atom is -0.507 e. The van der Waals surface area contributed by atoms with Crippen LogP contribution in [0.4, 0.5) is 0 Å². The summed E-state index contributed by atoms with van der Waals surface area (Å²) in [6.45, 7) is 12.1. The van der Waals surface area contributed by atoms with E-state index in [2.05, 4.69) is 0 Å². The Morgan fingerprint density at radius 3 is 2.04 bits per heavy atom. The molecule has 130 valence electrons. The maximum atomic E-state index is 12.5. The second kappa shape index (κ2) is 6.34. The van der Waals surface area contributed by atoms with Crippen LogP contribution in [0.2, 0.25) is 0 Å². The van der Waals surface area contributed by atoms with E-state index in [-0.39, 0.29) is 23.2 Å². The highest BCUT2D eigenvalue weighted by molar-refractivity contribution is 5.90. The van der Waals surface area contributed by atoms with Crippen molar-refractivity contribution in [1.82, 2.24) is 0 Å². The van der Waals surface area contributed by atoms with Crippen LogP contribution in [0.1, 0.15) is 68.8 Å². The summed E-state index contributed by atoms with van der Waals surface area (Å²) in [5.74, 6) is 0.411. The third kappa shape index (κ3) is 3.99. The standard InChI is InChI=1S/C20H26O4/c1-19(2,3)15-10-13(11-16(17(15)21)20(4,5)6)18(22)24-12-14-8-7-9-23-14/h7-11,21H,12H2,1-6H3. The first-order chi connectivity index (χ1) is 11.0. The molecular formula is C20H26O4. The summed E-state index contributed by atoms with van der Waals surface area (Å²) in [7, 11) is 0. The Bertz CT molecular complexity index is 678. The third-order valence-electron chi connectivity index (χ3n) is 3.89. The number of phenolic OH excluding ortho intramolecular Hbond substituents is 1. The van der Waals surface area contributed by atoms with E-state index in [1.165, 1.54) is 0 Å². The molecule has 1 heterocycles. The number of ether oxygens (including phenoxy) is 1. The molecular weight excluding hydrogens is 304 g/mol. The first-order valence-corrected chi connectivity index (χ1v) is 8.07. The van der Waals surface area contributed by atoms with E-state index in [1.54, 1.807) is 30.5 Å². The Kier molecular flexibility index (Phi) is 4.79. The van der Waals surface area contributed by atoms with Crippen molar-refractivity contribution in [2.24, 2.45) is 0 Å². The minimum atomic E-state index is -0.428. The molecule has 0 saturated heterocycles. The van der Waals surface area contributed by atoms with Gasteiger partial charge in [-0.05, 0) is 35.1 Å². The molecule has 0 aliphatic rings. The molecule has 0 radical (unpaired) electrons. The summed E-state index contributed by atoms with van der Waals surface area (Å²) in [6, 6.07) is 6.94. The summed E-state index contributed by atoms with van der Waals surface area (Å²) in [4.78, 5) is 12.5. The molecule has 0 unspecified atom stereocenters. The molecule has 0 amide bonds. The van der Waals surface area contributed by atoms with E-state index in [1.807, 2.05) is 41.5 Å². The summed E-state index contributed by atoms with van der Waals surface area (Å²) in [6.07, 6.45) is 1.54. The second-order valence-electron chi connectivity index (χ2n) is 8.08. The lowest BCUT2D eigenvalue weighted by molar-refractivity contribution is 0.0445. The zero-order chi connectivity index (χ0) is 18.1. The van der Waals surface area contributed by atoms with Gasteiger partial charge in [-0.2, -0.15) is 0 Å². The number of esters is 1. The number of phenols is 1. The largest absolute Gasteiger partial charge is 0.507 e. The predicted octanol–water partition coefficient (Wildman–Crippen LogP) is 4.94. The van der Waals surface area contributed by atoms with Crippen molar-refractivity contribution in [3.63, 3.8) is 0 Å². The summed E-state index contributed by atoms with van der Waals surface area (Å²) in [5, 5.41) is 10.7. The van der Waals surface area contributed by atoms with Gasteiger partial charge in [0.1, 0.15) is 18.1 Å². The first-order valence-electron chi connectivity index (χ1n) is 8.07. The number of furan rings is 1. The number of carbonyl (C=O) groups excluding carboxylic acids is 1. The normalized spacial score (nSPS) is 12.2. The maximum absolute atomic E-state index is 12.5. The number of benzene rings is 1. The molecule has 0 spiro atoms. The van der Waals surface area contributed by atoms with E-state index >= 15 is 0 Å². The average molecular weight is 330 g/mol. The Morgan fingerprint density at radius 2 is 1.62 bits per heavy atom. The van der Waals surface area contributed by atoms with E-state index in [4.69, 9.17) is 9.15 Å². The summed E-state index contributed by atoms with van der Waals surface area (Å²) >= 11 is 0. The van der Waals surface area contributed by atoms with Crippen LogP contribution in [-0.4, -0.2) is 11.1 Å². The SMILES string of the molecule is CC(C)(C)c1cc(C(=O)OCc2ccco2)cc(C(C)(C)C)c1O. The number of hydrogen-bond donors (Lipinski definition) is 1. The fraction of sp³-hybridized carbons (Fsp3) is 0.450. The Morgan fingerprint density at radius 1 is 1.08 bits per heavy atom. The monoisotopic (exact) mass is 330 g/mol. The highest BCUT2D eigenvalue weighted by Crippen LogP contribution is 2.39. The van der Waals surface area contributed by atoms with Crippen molar-refractivity contribution in [3.8, 4) is 5.75 Å². The van der Waals surface area contributed by atoms with E-state index in [0.29, 0.717) is 11.3 Å². The topological polar surface area (TPSA) is 59.7 Å². The lowest BCUT2D eigenvalue weighted by atomic mass is 9.78. The molecule has 0 atom stereocenters. The fourth-order valence-corrected chi connectivity index (χ4v) is 2.51. The second-order valence-corrected chi connectivity index (χ2v) is 8.08. The molecule has 0 saturated carbocycles.